The van der Waals surface area contributed by atoms with Gasteiger partial charge in [-0.05, 0) is 18.2 Å². The quantitative estimate of drug-likeness (QED) is 0.296. The Balaban J connectivity index is 2.38. The first-order chi connectivity index (χ1) is 9.11. The highest BCUT2D eigenvalue weighted by Gasteiger charge is 2.15. The van der Waals surface area contributed by atoms with E-state index in [0.29, 0.717) is 5.03 Å². The zero-order valence-electron chi connectivity index (χ0n) is 9.42. The molecule has 0 fully saturated rings. The Morgan fingerprint density at radius 2 is 2.00 bits per heavy atom. The lowest BCUT2D eigenvalue weighted by atomic mass is 10.2. The molecule has 8 heteroatoms. The molecule has 19 heavy (non-hydrogen) atoms. The number of hydrogen-bond acceptors (Lipinski definition) is 5. The third kappa shape index (κ3) is 2.97. The number of halogens is 2. The van der Waals surface area contributed by atoms with Crippen molar-refractivity contribution in [3.63, 3.8) is 0 Å². The molecule has 0 aliphatic rings. The highest BCUT2D eigenvalue weighted by Crippen LogP contribution is 2.31. The third-order valence-electron chi connectivity index (χ3n) is 2.16. The lowest BCUT2D eigenvalue weighted by molar-refractivity contribution is 0.318. The van der Waals surface area contributed by atoms with Crippen molar-refractivity contribution >= 4 is 17.6 Å². The number of aromatic nitrogens is 2. The van der Waals surface area contributed by atoms with Crippen molar-refractivity contribution in [1.29, 1.82) is 0 Å². The Morgan fingerprint density at radius 3 is 2.53 bits per heavy atom. The van der Waals surface area contributed by atoms with E-state index in [1.807, 2.05) is 0 Å². The van der Waals surface area contributed by atoms with Crippen molar-refractivity contribution in [3.05, 3.63) is 47.9 Å². The van der Waals surface area contributed by atoms with E-state index in [1.54, 1.807) is 0 Å². The normalized spacial score (nSPS) is 11.6. The maximum Gasteiger partial charge on any atom is 0.170 e. The molecule has 2 rings (SSSR count). The molecule has 0 spiro atoms. The average molecular weight is 282 g/mol. The molecule has 3 N–H and O–H groups in total. The Morgan fingerprint density at radius 1 is 1.32 bits per heavy atom. The first-order valence-electron chi connectivity index (χ1n) is 5.02. The molecular weight excluding hydrogens is 274 g/mol. The number of nitrogens with zero attached hydrogens (tertiary/aromatic N) is 3. The van der Waals surface area contributed by atoms with Crippen LogP contribution in [0.2, 0.25) is 0 Å². The molecule has 0 unspecified atom stereocenters. The van der Waals surface area contributed by atoms with Crippen LogP contribution < -0.4 is 5.73 Å². The van der Waals surface area contributed by atoms with Gasteiger partial charge >= 0.3 is 0 Å². The van der Waals surface area contributed by atoms with Gasteiger partial charge in [0.05, 0.1) is 4.90 Å². The fourth-order valence-corrected chi connectivity index (χ4v) is 2.06. The Kier molecular flexibility index (Phi) is 3.91. The fourth-order valence-electron chi connectivity index (χ4n) is 1.31. The number of hydrogen-bond donors (Lipinski definition) is 2. The van der Waals surface area contributed by atoms with E-state index < -0.39 is 11.6 Å². The van der Waals surface area contributed by atoms with Crippen molar-refractivity contribution in [2.45, 2.75) is 9.92 Å². The van der Waals surface area contributed by atoms with Crippen LogP contribution in [0.4, 0.5) is 8.78 Å². The second-order valence-electron chi connectivity index (χ2n) is 3.40. The first-order valence-corrected chi connectivity index (χ1v) is 5.84. The zero-order valence-corrected chi connectivity index (χ0v) is 10.2. The molecule has 0 radical (unpaired) electrons. The van der Waals surface area contributed by atoms with E-state index in [2.05, 4.69) is 15.1 Å². The van der Waals surface area contributed by atoms with Crippen LogP contribution in [0.5, 0.6) is 0 Å². The minimum Gasteiger partial charge on any atom is -0.409 e. The van der Waals surface area contributed by atoms with Crippen LogP contribution in [0.25, 0.3) is 0 Å². The molecule has 1 heterocycles. The van der Waals surface area contributed by atoms with Crippen LogP contribution >= 0.6 is 11.8 Å². The predicted molar refractivity (Wildman–Crippen MR) is 65.0 cm³/mol. The number of rotatable bonds is 3. The van der Waals surface area contributed by atoms with E-state index >= 15 is 0 Å². The first kappa shape index (κ1) is 13.2. The Bertz CT molecular complexity index is 598. The molecule has 5 nitrogen and oxygen atoms in total. The number of nitrogens with two attached hydrogens (primary N) is 1. The smallest absolute Gasteiger partial charge is 0.170 e. The van der Waals surface area contributed by atoms with E-state index in [0.717, 1.165) is 23.9 Å². The predicted octanol–water partition coefficient (Wildman–Crippen LogP) is 2.00. The standard InChI is InChI=1S/C11H8F2N4OS/c12-7-3-6(11(14)17-18)4-8(13)10(7)19-9-1-2-15-5-16-9/h1-5,18H,(H2,14,17). The minimum absolute atomic E-state index is 0.0375. The van der Waals surface area contributed by atoms with Crippen molar-refractivity contribution in [3.8, 4) is 0 Å². The van der Waals surface area contributed by atoms with Crippen LogP contribution in [0, 0.1) is 11.6 Å². The van der Waals surface area contributed by atoms with E-state index in [4.69, 9.17) is 10.9 Å². The molecular formula is C11H8F2N4OS. The monoisotopic (exact) mass is 282 g/mol. The maximum absolute atomic E-state index is 13.8. The summed E-state index contributed by atoms with van der Waals surface area (Å²) < 4.78 is 27.6. The summed E-state index contributed by atoms with van der Waals surface area (Å²) in [5, 5.41) is 11.6. The summed E-state index contributed by atoms with van der Waals surface area (Å²) in [6.45, 7) is 0. The molecule has 1 aromatic heterocycles. The van der Waals surface area contributed by atoms with Crippen LogP contribution in [-0.2, 0) is 0 Å². The fraction of sp³-hybridized carbons (Fsp3) is 0. The Hall–Kier alpha value is -2.22. The molecule has 0 aliphatic carbocycles. The largest absolute Gasteiger partial charge is 0.409 e. The summed E-state index contributed by atoms with van der Waals surface area (Å²) in [5.41, 5.74) is 5.24. The van der Waals surface area contributed by atoms with E-state index in [-0.39, 0.29) is 16.3 Å². The van der Waals surface area contributed by atoms with Gasteiger partial charge in [0, 0.05) is 11.8 Å². The second kappa shape index (κ2) is 5.61. The van der Waals surface area contributed by atoms with Gasteiger partial charge in [0.15, 0.2) is 5.84 Å². The lowest BCUT2D eigenvalue weighted by Gasteiger charge is -2.06. The summed E-state index contributed by atoms with van der Waals surface area (Å²) >= 11 is 0.825. The van der Waals surface area contributed by atoms with Gasteiger partial charge in [-0.1, -0.05) is 16.9 Å². The summed E-state index contributed by atoms with van der Waals surface area (Å²) in [6.07, 6.45) is 2.75. The topological polar surface area (TPSA) is 84.4 Å². The molecule has 2 aromatic rings. The zero-order chi connectivity index (χ0) is 13.8. The highest BCUT2D eigenvalue weighted by molar-refractivity contribution is 7.99. The van der Waals surface area contributed by atoms with Gasteiger partial charge in [0.25, 0.3) is 0 Å². The SMILES string of the molecule is N/C(=N/O)c1cc(F)c(Sc2ccncn2)c(F)c1. The molecule has 0 saturated heterocycles. The molecule has 98 valence electrons. The van der Waals surface area contributed by atoms with Gasteiger partial charge in [-0.2, -0.15) is 0 Å². The van der Waals surface area contributed by atoms with Crippen molar-refractivity contribution < 1.29 is 14.0 Å². The number of oxime groups is 1. The van der Waals surface area contributed by atoms with Gasteiger partial charge in [0.2, 0.25) is 0 Å². The van der Waals surface area contributed by atoms with Crippen molar-refractivity contribution in [1.82, 2.24) is 9.97 Å². The summed E-state index contributed by atoms with van der Waals surface area (Å²) in [7, 11) is 0. The third-order valence-corrected chi connectivity index (χ3v) is 3.21. The number of amidine groups is 1. The maximum atomic E-state index is 13.8. The average Bonchev–Trinajstić information content (AvgIpc) is 2.43. The molecule has 1 aromatic carbocycles. The van der Waals surface area contributed by atoms with Gasteiger partial charge < -0.3 is 10.9 Å². The summed E-state index contributed by atoms with van der Waals surface area (Å²) in [4.78, 5) is 7.35. The Labute approximate surface area is 111 Å². The molecule has 0 atom stereocenters. The summed E-state index contributed by atoms with van der Waals surface area (Å²) in [6, 6.07) is 3.50. The minimum atomic E-state index is -0.815. The highest BCUT2D eigenvalue weighted by atomic mass is 32.2. The van der Waals surface area contributed by atoms with Crippen LogP contribution in [0.1, 0.15) is 5.56 Å². The van der Waals surface area contributed by atoms with Gasteiger partial charge in [-0.3, -0.25) is 0 Å². The molecule has 0 saturated carbocycles. The number of benzene rings is 1. The molecule has 0 bridgehead atoms. The van der Waals surface area contributed by atoms with E-state index in [1.165, 1.54) is 18.6 Å². The lowest BCUT2D eigenvalue weighted by Crippen LogP contribution is -2.14. The van der Waals surface area contributed by atoms with Crippen LogP contribution in [-0.4, -0.2) is 21.0 Å². The van der Waals surface area contributed by atoms with Gasteiger partial charge in [-0.25, -0.2) is 18.7 Å². The molecule has 0 amide bonds. The summed E-state index contributed by atoms with van der Waals surface area (Å²) in [5.74, 6) is -1.99. The molecule has 0 aliphatic heterocycles. The van der Waals surface area contributed by atoms with Gasteiger partial charge in [-0.15, -0.1) is 0 Å². The van der Waals surface area contributed by atoms with Crippen molar-refractivity contribution in [2.24, 2.45) is 10.9 Å². The van der Waals surface area contributed by atoms with E-state index in [9.17, 15) is 8.78 Å². The van der Waals surface area contributed by atoms with Crippen LogP contribution in [0.3, 0.4) is 0 Å². The van der Waals surface area contributed by atoms with Crippen molar-refractivity contribution in [2.75, 3.05) is 0 Å². The van der Waals surface area contributed by atoms with Crippen LogP contribution in [0.15, 0.2) is 45.8 Å². The van der Waals surface area contributed by atoms with Gasteiger partial charge in [0.1, 0.15) is 23.0 Å². The second-order valence-corrected chi connectivity index (χ2v) is 4.43.